The maximum Gasteiger partial charge on any atom is 0.320 e. The number of carbonyl (C=O) groups excluding carboxylic acids is 1. The second-order valence-electron chi connectivity index (χ2n) is 4.45. The topological polar surface area (TPSA) is 69.6 Å². The summed E-state index contributed by atoms with van der Waals surface area (Å²) >= 11 is 7.22. The normalized spacial score (nSPS) is 19.5. The molecular formula is C12H15ClN2O3S. The van der Waals surface area contributed by atoms with Crippen LogP contribution in [0.15, 0.2) is 12.1 Å². The van der Waals surface area contributed by atoms with Crippen molar-refractivity contribution in [2.24, 2.45) is 0 Å². The average molecular weight is 303 g/mol. The first-order chi connectivity index (χ1) is 9.06. The quantitative estimate of drug-likeness (QED) is 0.866. The molecule has 1 amide bonds. The van der Waals surface area contributed by atoms with Crippen LogP contribution in [0, 0.1) is 0 Å². The number of carbonyl (C=O) groups is 2. The molecule has 0 spiro atoms. The molecule has 5 nitrogen and oxygen atoms in total. The average Bonchev–Trinajstić information content (AvgIpc) is 2.95. The van der Waals surface area contributed by atoms with Crippen molar-refractivity contribution < 1.29 is 14.7 Å². The Kier molecular flexibility index (Phi) is 4.79. The number of nitrogens with one attached hydrogen (secondary N) is 1. The van der Waals surface area contributed by atoms with E-state index in [4.69, 9.17) is 16.7 Å². The largest absolute Gasteiger partial charge is 0.480 e. The highest BCUT2D eigenvalue weighted by Crippen LogP contribution is 2.21. The Morgan fingerprint density at radius 1 is 1.53 bits per heavy atom. The van der Waals surface area contributed by atoms with E-state index in [1.807, 2.05) is 6.07 Å². The van der Waals surface area contributed by atoms with E-state index < -0.39 is 12.0 Å². The number of hydrogen-bond acceptors (Lipinski definition) is 4. The molecule has 0 aromatic carbocycles. The minimum absolute atomic E-state index is 0.135. The molecule has 0 unspecified atom stereocenters. The molecule has 0 saturated carbocycles. The molecule has 19 heavy (non-hydrogen) atoms. The molecule has 104 valence electrons. The Balaban J connectivity index is 1.79. The second kappa shape index (κ2) is 6.36. The number of amides is 1. The van der Waals surface area contributed by atoms with Gasteiger partial charge < -0.3 is 10.4 Å². The predicted octanol–water partition coefficient (Wildman–Crippen LogP) is 1.57. The molecular weight excluding hydrogens is 288 g/mol. The first kappa shape index (κ1) is 14.3. The van der Waals surface area contributed by atoms with Crippen molar-refractivity contribution in [3.63, 3.8) is 0 Å². The van der Waals surface area contributed by atoms with E-state index in [1.54, 1.807) is 11.0 Å². The minimum atomic E-state index is -0.852. The van der Waals surface area contributed by atoms with Crippen LogP contribution in [0.2, 0.25) is 4.34 Å². The second-order valence-corrected chi connectivity index (χ2v) is 6.25. The van der Waals surface area contributed by atoms with E-state index in [0.717, 1.165) is 11.3 Å². The maximum atomic E-state index is 11.8. The lowest BCUT2D eigenvalue weighted by atomic mass is 10.2. The smallest absolute Gasteiger partial charge is 0.320 e. The molecule has 2 rings (SSSR count). The van der Waals surface area contributed by atoms with Crippen LogP contribution in [0.1, 0.15) is 17.7 Å². The lowest BCUT2D eigenvalue weighted by Crippen LogP contribution is -2.42. The van der Waals surface area contributed by atoms with Crippen LogP contribution in [-0.4, -0.2) is 41.0 Å². The predicted molar refractivity (Wildman–Crippen MR) is 73.4 cm³/mol. The maximum absolute atomic E-state index is 11.8. The van der Waals surface area contributed by atoms with Crippen LogP contribution >= 0.6 is 22.9 Å². The van der Waals surface area contributed by atoms with Crippen molar-refractivity contribution in [2.45, 2.75) is 25.4 Å². The molecule has 1 aliphatic heterocycles. The van der Waals surface area contributed by atoms with E-state index in [1.165, 1.54) is 11.3 Å². The Morgan fingerprint density at radius 3 is 2.95 bits per heavy atom. The van der Waals surface area contributed by atoms with Crippen LogP contribution in [0.4, 0.5) is 0 Å². The highest BCUT2D eigenvalue weighted by atomic mass is 35.5. The summed E-state index contributed by atoms with van der Waals surface area (Å²) in [5.41, 5.74) is 0. The number of carboxylic acid groups (broad SMARTS) is 1. The van der Waals surface area contributed by atoms with Crippen LogP contribution in [0.5, 0.6) is 0 Å². The zero-order valence-electron chi connectivity index (χ0n) is 10.3. The monoisotopic (exact) mass is 302 g/mol. The van der Waals surface area contributed by atoms with Gasteiger partial charge in [-0.1, -0.05) is 11.6 Å². The number of thiophene rings is 1. The van der Waals surface area contributed by atoms with Gasteiger partial charge in [-0.15, -0.1) is 11.3 Å². The molecule has 1 aromatic rings. The van der Waals surface area contributed by atoms with Gasteiger partial charge in [0.15, 0.2) is 0 Å². The summed E-state index contributed by atoms with van der Waals surface area (Å²) in [6, 6.07) is 3.12. The third kappa shape index (κ3) is 3.92. The summed E-state index contributed by atoms with van der Waals surface area (Å²) in [6.45, 7) is 1.23. The number of hydrogen-bond donors (Lipinski definition) is 2. The highest BCUT2D eigenvalue weighted by Gasteiger charge is 2.31. The molecule has 1 aliphatic rings. The standard InChI is InChI=1S/C12H15ClN2O3S/c13-10-4-3-8(19-10)6-14-11(16)7-15-5-1-2-9(15)12(17)18/h3-4,9H,1-2,5-7H2,(H,14,16)(H,17,18)/t9-/m1/s1. The summed E-state index contributed by atoms with van der Waals surface area (Å²) in [5.74, 6) is -1.01. The summed E-state index contributed by atoms with van der Waals surface area (Å²) in [7, 11) is 0. The van der Waals surface area contributed by atoms with Gasteiger partial charge in [0.2, 0.25) is 5.91 Å². The zero-order chi connectivity index (χ0) is 13.8. The highest BCUT2D eigenvalue weighted by molar-refractivity contribution is 7.16. The molecule has 7 heteroatoms. The minimum Gasteiger partial charge on any atom is -0.480 e. The Labute approximate surface area is 120 Å². The molecule has 2 heterocycles. The third-order valence-electron chi connectivity index (χ3n) is 3.08. The van der Waals surface area contributed by atoms with Gasteiger partial charge in [0.1, 0.15) is 6.04 Å². The van der Waals surface area contributed by atoms with Crippen LogP contribution < -0.4 is 5.32 Å². The fraction of sp³-hybridized carbons (Fsp3) is 0.500. The molecule has 0 aliphatic carbocycles. The van der Waals surface area contributed by atoms with E-state index >= 15 is 0 Å². The molecule has 2 N–H and O–H groups in total. The van der Waals surface area contributed by atoms with E-state index in [2.05, 4.69) is 5.32 Å². The van der Waals surface area contributed by atoms with Crippen molar-refractivity contribution in [3.8, 4) is 0 Å². The molecule has 1 fully saturated rings. The lowest BCUT2D eigenvalue weighted by molar-refractivity contribution is -0.142. The van der Waals surface area contributed by atoms with Crippen molar-refractivity contribution in [1.82, 2.24) is 10.2 Å². The van der Waals surface area contributed by atoms with Crippen LogP contribution in [-0.2, 0) is 16.1 Å². The number of halogens is 1. The first-order valence-corrected chi connectivity index (χ1v) is 7.23. The van der Waals surface area contributed by atoms with E-state index in [9.17, 15) is 9.59 Å². The number of aliphatic carboxylic acids is 1. The zero-order valence-corrected chi connectivity index (χ0v) is 11.8. The Morgan fingerprint density at radius 2 is 2.32 bits per heavy atom. The number of nitrogens with zero attached hydrogens (tertiary/aromatic N) is 1. The number of likely N-dealkylation sites (tertiary alicyclic amines) is 1. The Hall–Kier alpha value is -1.11. The van der Waals surface area contributed by atoms with Gasteiger partial charge in [-0.2, -0.15) is 0 Å². The molecule has 1 atom stereocenters. The Bertz CT molecular complexity index is 477. The summed E-state index contributed by atoms with van der Waals surface area (Å²) in [4.78, 5) is 25.5. The van der Waals surface area contributed by atoms with Crippen molar-refractivity contribution >= 4 is 34.8 Å². The van der Waals surface area contributed by atoms with Gasteiger partial charge in [0.25, 0.3) is 0 Å². The summed E-state index contributed by atoms with van der Waals surface area (Å²) in [5, 5.41) is 11.8. The SMILES string of the molecule is O=C(CN1CCC[C@@H]1C(=O)O)NCc1ccc(Cl)s1. The van der Waals surface area contributed by atoms with Gasteiger partial charge >= 0.3 is 5.97 Å². The summed E-state index contributed by atoms with van der Waals surface area (Å²) in [6.07, 6.45) is 1.44. The van der Waals surface area contributed by atoms with Crippen molar-refractivity contribution in [2.75, 3.05) is 13.1 Å². The molecule has 1 aromatic heterocycles. The van der Waals surface area contributed by atoms with E-state index in [0.29, 0.717) is 23.8 Å². The molecule has 0 bridgehead atoms. The van der Waals surface area contributed by atoms with E-state index in [-0.39, 0.29) is 12.5 Å². The van der Waals surface area contributed by atoms with Gasteiger partial charge in [0, 0.05) is 4.88 Å². The van der Waals surface area contributed by atoms with Crippen LogP contribution in [0.25, 0.3) is 0 Å². The number of rotatable bonds is 5. The van der Waals surface area contributed by atoms with Gasteiger partial charge in [-0.3, -0.25) is 14.5 Å². The van der Waals surface area contributed by atoms with Gasteiger partial charge in [0.05, 0.1) is 17.4 Å². The number of carboxylic acids is 1. The molecule has 1 saturated heterocycles. The van der Waals surface area contributed by atoms with Crippen LogP contribution in [0.3, 0.4) is 0 Å². The van der Waals surface area contributed by atoms with Gasteiger partial charge in [-0.05, 0) is 31.5 Å². The summed E-state index contributed by atoms with van der Waals surface area (Å²) < 4.78 is 0.690. The van der Waals surface area contributed by atoms with Crippen molar-refractivity contribution in [3.05, 3.63) is 21.3 Å². The fourth-order valence-corrected chi connectivity index (χ4v) is 3.20. The fourth-order valence-electron chi connectivity index (χ4n) is 2.17. The van der Waals surface area contributed by atoms with Gasteiger partial charge in [-0.25, -0.2) is 0 Å². The first-order valence-electron chi connectivity index (χ1n) is 6.04. The lowest BCUT2D eigenvalue weighted by Gasteiger charge is -2.20. The van der Waals surface area contributed by atoms with Crippen molar-refractivity contribution in [1.29, 1.82) is 0 Å². The molecule has 0 radical (unpaired) electrons. The third-order valence-corrected chi connectivity index (χ3v) is 4.32.